The largest absolute Gasteiger partial charge is 0.450 e. The number of aliphatic imine (C=N–C) groups is 1. The molecule has 4 heteroatoms. The van der Waals surface area contributed by atoms with Crippen LogP contribution in [-0.4, -0.2) is 12.7 Å². The van der Waals surface area contributed by atoms with Crippen LogP contribution in [0.1, 0.15) is 5.76 Å². The molecule has 0 saturated heterocycles. The summed E-state index contributed by atoms with van der Waals surface area (Å²) in [5.41, 5.74) is 1.43. The van der Waals surface area contributed by atoms with E-state index in [1.807, 2.05) is 24.3 Å². The Morgan fingerprint density at radius 2 is 2.12 bits per heavy atom. The highest BCUT2D eigenvalue weighted by atomic mass is 16.5. The molecule has 16 heavy (non-hydrogen) atoms. The number of benzene rings is 1. The Balaban J connectivity index is 2.34. The highest BCUT2D eigenvalue weighted by Crippen LogP contribution is 2.39. The lowest BCUT2D eigenvalue weighted by atomic mass is 10.2. The monoisotopic (exact) mass is 213 g/mol. The average Bonchev–Trinajstić information content (AvgIpc) is 2.69. The molecule has 0 unspecified atom stereocenters. The number of hydrogen-bond acceptors (Lipinski definition) is 4. The van der Waals surface area contributed by atoms with Crippen LogP contribution in [-0.2, 0) is 9.53 Å². The third-order valence-electron chi connectivity index (χ3n) is 2.37. The Bertz CT molecular complexity index is 622. The minimum absolute atomic E-state index is 0.385. The van der Waals surface area contributed by atoms with Crippen LogP contribution < -0.4 is 0 Å². The van der Waals surface area contributed by atoms with Gasteiger partial charge in [0.2, 0.25) is 0 Å². The molecule has 0 bridgehead atoms. The summed E-state index contributed by atoms with van der Waals surface area (Å²) in [4.78, 5) is 14.6. The normalized spacial score (nSPS) is 16.1. The molecule has 1 aromatic carbocycles. The number of furan rings is 1. The zero-order valence-electron chi connectivity index (χ0n) is 8.21. The second-order valence-electron chi connectivity index (χ2n) is 3.30. The standard InChI is InChI=1S/C12H7NO3/c14-6-5-10-12-11(13-7-15-10)8-3-1-2-4-9(8)16-12/h1-7H/b10-5-. The number of carbonyl (C=O) groups excluding carboxylic acids is 1. The van der Waals surface area contributed by atoms with Gasteiger partial charge in [-0.3, -0.25) is 4.79 Å². The number of para-hydroxylation sites is 1. The van der Waals surface area contributed by atoms with E-state index < -0.39 is 0 Å². The summed E-state index contributed by atoms with van der Waals surface area (Å²) in [6.45, 7) is 0. The van der Waals surface area contributed by atoms with Crippen molar-refractivity contribution in [1.82, 2.24) is 0 Å². The average molecular weight is 213 g/mol. The first-order chi connectivity index (χ1) is 7.90. The van der Waals surface area contributed by atoms with Crippen LogP contribution in [0, 0.1) is 0 Å². The van der Waals surface area contributed by atoms with Crippen molar-refractivity contribution in [2.75, 3.05) is 0 Å². The van der Waals surface area contributed by atoms with Crippen molar-refractivity contribution in [3.63, 3.8) is 0 Å². The number of nitrogens with zero attached hydrogens (tertiary/aromatic N) is 1. The number of allylic oxidation sites excluding steroid dienone is 1. The molecule has 0 N–H and O–H groups in total. The van der Waals surface area contributed by atoms with E-state index >= 15 is 0 Å². The third kappa shape index (κ3) is 1.16. The van der Waals surface area contributed by atoms with Gasteiger partial charge in [0.05, 0.1) is 0 Å². The summed E-state index contributed by atoms with van der Waals surface area (Å²) in [6, 6.07) is 7.55. The molecule has 2 heterocycles. The van der Waals surface area contributed by atoms with Gasteiger partial charge in [0, 0.05) is 11.5 Å². The zero-order chi connectivity index (χ0) is 11.0. The van der Waals surface area contributed by atoms with Crippen LogP contribution in [0.3, 0.4) is 0 Å². The van der Waals surface area contributed by atoms with Gasteiger partial charge in [0.15, 0.2) is 17.9 Å². The molecular weight excluding hydrogens is 206 g/mol. The van der Waals surface area contributed by atoms with Gasteiger partial charge < -0.3 is 9.15 Å². The van der Waals surface area contributed by atoms with Gasteiger partial charge in [-0.05, 0) is 12.1 Å². The van der Waals surface area contributed by atoms with Crippen molar-refractivity contribution < 1.29 is 13.9 Å². The predicted octanol–water partition coefficient (Wildman–Crippen LogP) is 2.66. The Kier molecular flexibility index (Phi) is 1.86. The van der Waals surface area contributed by atoms with Crippen molar-refractivity contribution in [2.45, 2.75) is 0 Å². The van der Waals surface area contributed by atoms with Crippen LogP contribution in [0.4, 0.5) is 5.69 Å². The van der Waals surface area contributed by atoms with Crippen molar-refractivity contribution in [3.8, 4) is 0 Å². The highest BCUT2D eigenvalue weighted by molar-refractivity contribution is 5.99. The summed E-state index contributed by atoms with van der Waals surface area (Å²) in [5, 5.41) is 0.911. The maximum atomic E-state index is 10.5. The Labute approximate surface area is 90.8 Å². The molecule has 0 aliphatic carbocycles. The number of carbonyl (C=O) groups is 1. The molecule has 1 aliphatic rings. The number of ether oxygens (including phenoxy) is 1. The maximum absolute atomic E-state index is 10.5. The molecule has 4 nitrogen and oxygen atoms in total. The molecule has 1 aliphatic heterocycles. The minimum Gasteiger partial charge on any atom is -0.450 e. The predicted molar refractivity (Wildman–Crippen MR) is 59.5 cm³/mol. The second-order valence-corrected chi connectivity index (χ2v) is 3.30. The van der Waals surface area contributed by atoms with Gasteiger partial charge in [-0.25, -0.2) is 4.99 Å². The molecule has 0 spiro atoms. The second kappa shape index (κ2) is 3.34. The van der Waals surface area contributed by atoms with E-state index in [0.29, 0.717) is 23.5 Å². The molecule has 2 aromatic rings. The van der Waals surface area contributed by atoms with Crippen LogP contribution in [0.15, 0.2) is 39.8 Å². The highest BCUT2D eigenvalue weighted by Gasteiger charge is 2.20. The summed E-state index contributed by atoms with van der Waals surface area (Å²) < 4.78 is 10.7. The van der Waals surface area contributed by atoms with Crippen molar-refractivity contribution >= 4 is 35.1 Å². The van der Waals surface area contributed by atoms with E-state index in [4.69, 9.17) is 9.15 Å². The summed E-state index contributed by atoms with van der Waals surface area (Å²) in [6.07, 6.45) is 3.28. The van der Waals surface area contributed by atoms with Crippen LogP contribution in [0.5, 0.6) is 0 Å². The Morgan fingerprint density at radius 3 is 3.00 bits per heavy atom. The van der Waals surface area contributed by atoms with Crippen molar-refractivity contribution in [3.05, 3.63) is 36.1 Å². The van der Waals surface area contributed by atoms with Gasteiger partial charge in [-0.15, -0.1) is 0 Å². The van der Waals surface area contributed by atoms with Gasteiger partial charge >= 0.3 is 0 Å². The first-order valence-electron chi connectivity index (χ1n) is 4.76. The number of aldehydes is 1. The molecule has 0 amide bonds. The summed E-state index contributed by atoms with van der Waals surface area (Å²) in [5.74, 6) is 0.881. The topological polar surface area (TPSA) is 51.8 Å². The van der Waals surface area contributed by atoms with Crippen LogP contribution in [0.2, 0.25) is 0 Å². The maximum Gasteiger partial charge on any atom is 0.196 e. The lowest BCUT2D eigenvalue weighted by molar-refractivity contribution is -0.104. The lowest BCUT2D eigenvalue weighted by Crippen LogP contribution is -1.94. The SMILES string of the molecule is O=C/C=C1\OC=Nc2c1oc1ccccc21. The molecule has 1 aromatic heterocycles. The lowest BCUT2D eigenvalue weighted by Gasteiger charge is -2.06. The number of fused-ring (bicyclic) bond motifs is 3. The fraction of sp³-hybridized carbons (Fsp3) is 0. The molecule has 0 atom stereocenters. The first kappa shape index (κ1) is 8.91. The van der Waals surface area contributed by atoms with Gasteiger partial charge in [0.1, 0.15) is 17.6 Å². The zero-order valence-corrected chi connectivity index (χ0v) is 8.21. The molecule has 3 rings (SSSR count). The molecular formula is C12H7NO3. The number of hydrogen-bond donors (Lipinski definition) is 0. The van der Waals surface area contributed by atoms with Gasteiger partial charge in [-0.1, -0.05) is 12.1 Å². The van der Waals surface area contributed by atoms with E-state index in [9.17, 15) is 4.79 Å². The Morgan fingerprint density at radius 1 is 1.25 bits per heavy atom. The van der Waals surface area contributed by atoms with Crippen LogP contribution in [0.25, 0.3) is 16.7 Å². The van der Waals surface area contributed by atoms with E-state index in [0.717, 1.165) is 11.0 Å². The first-order valence-corrected chi connectivity index (χ1v) is 4.76. The fourth-order valence-electron chi connectivity index (χ4n) is 1.69. The van der Waals surface area contributed by atoms with Gasteiger partial charge in [-0.2, -0.15) is 0 Å². The van der Waals surface area contributed by atoms with Gasteiger partial charge in [0.25, 0.3) is 0 Å². The molecule has 78 valence electrons. The van der Waals surface area contributed by atoms with Crippen molar-refractivity contribution in [2.24, 2.45) is 4.99 Å². The molecule has 0 fully saturated rings. The summed E-state index contributed by atoms with van der Waals surface area (Å²) in [7, 11) is 0. The van der Waals surface area contributed by atoms with E-state index in [1.54, 1.807) is 0 Å². The van der Waals surface area contributed by atoms with E-state index in [-0.39, 0.29) is 0 Å². The molecule has 0 saturated carbocycles. The Hall–Kier alpha value is -2.36. The fourth-order valence-corrected chi connectivity index (χ4v) is 1.69. The van der Waals surface area contributed by atoms with Crippen molar-refractivity contribution in [1.29, 1.82) is 0 Å². The minimum atomic E-state index is 0.385. The summed E-state index contributed by atoms with van der Waals surface area (Å²) >= 11 is 0. The third-order valence-corrected chi connectivity index (χ3v) is 2.37. The van der Waals surface area contributed by atoms with Crippen LogP contribution >= 0.6 is 0 Å². The smallest absolute Gasteiger partial charge is 0.196 e. The molecule has 0 radical (unpaired) electrons. The van der Waals surface area contributed by atoms with E-state index in [1.165, 1.54) is 12.5 Å². The number of rotatable bonds is 1. The van der Waals surface area contributed by atoms with E-state index in [2.05, 4.69) is 4.99 Å². The quantitative estimate of drug-likeness (QED) is 0.540.